The van der Waals surface area contributed by atoms with Crippen LogP contribution in [0.5, 0.6) is 0 Å². The maximum absolute atomic E-state index is 6.07. The van der Waals surface area contributed by atoms with E-state index >= 15 is 0 Å². The molecule has 5 heteroatoms. The maximum atomic E-state index is 6.07. The van der Waals surface area contributed by atoms with Gasteiger partial charge in [-0.1, -0.05) is 21.1 Å². The largest absolute Gasteiger partial charge is 0.367 e. The van der Waals surface area contributed by atoms with E-state index in [0.29, 0.717) is 0 Å². The van der Waals surface area contributed by atoms with Gasteiger partial charge in [-0.3, -0.25) is 0 Å². The van der Waals surface area contributed by atoms with Crippen molar-refractivity contribution in [3.8, 4) is 0 Å². The Bertz CT molecular complexity index is 412. The molecule has 2 rings (SSSR count). The standard InChI is InChI=1S/C12H20BrN3O/c1-8(13)9-7-16(15-14-9)10-6-11(2,3)17-12(10,4)5/h7-8,10H,6H2,1-5H3. The van der Waals surface area contributed by atoms with E-state index in [0.717, 1.165) is 12.1 Å². The molecule has 0 saturated carbocycles. The summed E-state index contributed by atoms with van der Waals surface area (Å²) >= 11 is 3.51. The van der Waals surface area contributed by atoms with E-state index in [1.807, 2.05) is 10.9 Å². The fourth-order valence-corrected chi connectivity index (χ4v) is 2.78. The van der Waals surface area contributed by atoms with E-state index in [1.165, 1.54) is 0 Å². The third kappa shape index (κ3) is 2.55. The zero-order chi connectivity index (χ0) is 12.8. The lowest BCUT2D eigenvalue weighted by Crippen LogP contribution is -2.31. The van der Waals surface area contributed by atoms with Gasteiger partial charge in [-0.25, -0.2) is 4.68 Å². The number of aromatic nitrogens is 3. The summed E-state index contributed by atoms with van der Waals surface area (Å²) in [5.74, 6) is 0. The van der Waals surface area contributed by atoms with Crippen molar-refractivity contribution in [1.29, 1.82) is 0 Å². The zero-order valence-electron chi connectivity index (χ0n) is 11.1. The third-order valence-electron chi connectivity index (χ3n) is 3.28. The van der Waals surface area contributed by atoms with Crippen molar-refractivity contribution >= 4 is 15.9 Å². The van der Waals surface area contributed by atoms with Gasteiger partial charge < -0.3 is 4.74 Å². The summed E-state index contributed by atoms with van der Waals surface area (Å²) in [6.07, 6.45) is 2.97. The fourth-order valence-electron chi connectivity index (χ4n) is 2.57. The topological polar surface area (TPSA) is 39.9 Å². The van der Waals surface area contributed by atoms with Gasteiger partial charge in [0.1, 0.15) is 0 Å². The van der Waals surface area contributed by atoms with Crippen LogP contribution in [-0.4, -0.2) is 26.2 Å². The minimum absolute atomic E-state index is 0.0969. The number of hydrogen-bond donors (Lipinski definition) is 0. The molecule has 1 aliphatic heterocycles. The molecule has 0 bridgehead atoms. The highest BCUT2D eigenvalue weighted by Crippen LogP contribution is 2.44. The molecular formula is C12H20BrN3O. The monoisotopic (exact) mass is 301 g/mol. The molecule has 4 nitrogen and oxygen atoms in total. The van der Waals surface area contributed by atoms with E-state index in [1.54, 1.807) is 0 Å². The molecule has 1 aromatic rings. The van der Waals surface area contributed by atoms with Crippen LogP contribution in [0.25, 0.3) is 0 Å². The van der Waals surface area contributed by atoms with Crippen LogP contribution in [0.2, 0.25) is 0 Å². The van der Waals surface area contributed by atoms with Crippen molar-refractivity contribution in [1.82, 2.24) is 15.0 Å². The Kier molecular flexibility index (Phi) is 3.11. The van der Waals surface area contributed by atoms with Crippen LogP contribution in [0.4, 0.5) is 0 Å². The Balaban J connectivity index is 2.27. The second-order valence-corrected chi connectivity index (χ2v) is 7.30. The average molecular weight is 302 g/mol. The second kappa shape index (κ2) is 4.05. The highest BCUT2D eigenvalue weighted by Gasteiger charge is 2.47. The predicted molar refractivity (Wildman–Crippen MR) is 70.3 cm³/mol. The summed E-state index contributed by atoms with van der Waals surface area (Å²) in [5.41, 5.74) is 0.662. The molecule has 2 atom stereocenters. The maximum Gasteiger partial charge on any atom is 0.0960 e. The molecule has 0 N–H and O–H groups in total. The molecule has 1 aromatic heterocycles. The Labute approximate surface area is 111 Å². The number of hydrogen-bond acceptors (Lipinski definition) is 3. The van der Waals surface area contributed by atoms with Gasteiger partial charge >= 0.3 is 0 Å². The predicted octanol–water partition coefficient (Wildman–Crippen LogP) is 3.25. The van der Waals surface area contributed by atoms with Crippen molar-refractivity contribution in [2.45, 2.75) is 63.1 Å². The van der Waals surface area contributed by atoms with Crippen molar-refractivity contribution in [3.63, 3.8) is 0 Å². The molecule has 1 fully saturated rings. The average Bonchev–Trinajstić information content (AvgIpc) is 2.67. The second-order valence-electron chi connectivity index (χ2n) is 5.92. The molecule has 1 saturated heterocycles. The van der Waals surface area contributed by atoms with Crippen molar-refractivity contribution in [2.24, 2.45) is 0 Å². The molecule has 0 spiro atoms. The lowest BCUT2D eigenvalue weighted by molar-refractivity contribution is -0.0738. The molecule has 0 aromatic carbocycles. The van der Waals surface area contributed by atoms with Crippen molar-refractivity contribution < 1.29 is 4.74 Å². The minimum Gasteiger partial charge on any atom is -0.367 e. The molecule has 0 radical (unpaired) electrons. The first-order valence-electron chi connectivity index (χ1n) is 5.97. The molecule has 0 aliphatic carbocycles. The Morgan fingerprint density at radius 3 is 2.53 bits per heavy atom. The molecule has 2 unspecified atom stereocenters. The van der Waals surface area contributed by atoms with Crippen molar-refractivity contribution in [2.75, 3.05) is 0 Å². The lowest BCUT2D eigenvalue weighted by atomic mass is 9.95. The van der Waals surface area contributed by atoms with Crippen LogP contribution in [0.15, 0.2) is 6.20 Å². The van der Waals surface area contributed by atoms with Gasteiger partial charge in [-0.2, -0.15) is 0 Å². The van der Waals surface area contributed by atoms with E-state index in [4.69, 9.17) is 4.74 Å². The smallest absolute Gasteiger partial charge is 0.0960 e. The first kappa shape index (κ1) is 13.0. The summed E-state index contributed by atoms with van der Waals surface area (Å²) in [6, 6.07) is 0.241. The number of ether oxygens (including phenoxy) is 1. The molecule has 17 heavy (non-hydrogen) atoms. The lowest BCUT2D eigenvalue weighted by Gasteiger charge is -2.26. The van der Waals surface area contributed by atoms with E-state index in [2.05, 4.69) is 60.9 Å². The molecule has 1 aliphatic rings. The quantitative estimate of drug-likeness (QED) is 0.787. The van der Waals surface area contributed by atoms with Crippen LogP contribution < -0.4 is 0 Å². The summed E-state index contributed by atoms with van der Waals surface area (Å²) in [5, 5.41) is 8.42. The van der Waals surface area contributed by atoms with Crippen LogP contribution in [0.3, 0.4) is 0 Å². The first-order valence-corrected chi connectivity index (χ1v) is 6.89. The number of alkyl halides is 1. The fraction of sp³-hybridized carbons (Fsp3) is 0.833. The van der Waals surface area contributed by atoms with Gasteiger partial charge in [0.05, 0.1) is 34.0 Å². The van der Waals surface area contributed by atoms with Crippen LogP contribution in [0.1, 0.15) is 57.6 Å². The normalized spacial score (nSPS) is 28.2. The summed E-state index contributed by atoms with van der Waals surface area (Å²) in [4.78, 5) is 0.231. The minimum atomic E-state index is -0.204. The van der Waals surface area contributed by atoms with Gasteiger partial charge in [0, 0.05) is 6.42 Å². The number of rotatable bonds is 2. The van der Waals surface area contributed by atoms with Crippen molar-refractivity contribution in [3.05, 3.63) is 11.9 Å². The Morgan fingerprint density at radius 2 is 2.12 bits per heavy atom. The molecule has 0 amide bonds. The molecular weight excluding hydrogens is 282 g/mol. The molecule has 2 heterocycles. The Hall–Kier alpha value is -0.420. The first-order chi connectivity index (χ1) is 7.71. The van der Waals surface area contributed by atoms with Crippen LogP contribution in [-0.2, 0) is 4.74 Å². The van der Waals surface area contributed by atoms with E-state index in [9.17, 15) is 0 Å². The summed E-state index contributed by atoms with van der Waals surface area (Å²) in [6.45, 7) is 10.5. The van der Waals surface area contributed by atoms with Gasteiger partial charge in [0.25, 0.3) is 0 Å². The van der Waals surface area contributed by atoms with Gasteiger partial charge in [0.15, 0.2) is 0 Å². The number of nitrogens with zero attached hydrogens (tertiary/aromatic N) is 3. The van der Waals surface area contributed by atoms with Crippen LogP contribution >= 0.6 is 15.9 Å². The Morgan fingerprint density at radius 1 is 1.47 bits per heavy atom. The van der Waals surface area contributed by atoms with Gasteiger partial charge in [-0.15, -0.1) is 5.10 Å². The molecule has 96 valence electrons. The summed E-state index contributed by atoms with van der Waals surface area (Å²) in [7, 11) is 0. The highest BCUT2D eigenvalue weighted by atomic mass is 79.9. The number of halogens is 1. The summed E-state index contributed by atoms with van der Waals surface area (Å²) < 4.78 is 8.02. The van der Waals surface area contributed by atoms with E-state index < -0.39 is 0 Å². The van der Waals surface area contributed by atoms with Crippen LogP contribution in [0, 0.1) is 0 Å². The third-order valence-corrected chi connectivity index (χ3v) is 3.75. The van der Waals surface area contributed by atoms with Gasteiger partial charge in [0.2, 0.25) is 0 Å². The zero-order valence-corrected chi connectivity index (χ0v) is 12.7. The SMILES string of the molecule is CC(Br)c1cn(C2CC(C)(C)OC2(C)C)nn1. The van der Waals surface area contributed by atoms with E-state index in [-0.39, 0.29) is 22.1 Å². The van der Waals surface area contributed by atoms with Gasteiger partial charge in [-0.05, 0) is 34.6 Å². The highest BCUT2D eigenvalue weighted by molar-refractivity contribution is 9.09.